The van der Waals surface area contributed by atoms with E-state index in [2.05, 4.69) is 5.32 Å². The topological polar surface area (TPSA) is 92.3 Å². The number of hydrogen-bond acceptors (Lipinski definition) is 7. The van der Waals surface area contributed by atoms with Gasteiger partial charge in [-0.1, -0.05) is 60.1 Å². The van der Waals surface area contributed by atoms with Gasteiger partial charge in [0, 0.05) is 24.2 Å². The third-order valence-corrected chi connectivity index (χ3v) is 6.99. The van der Waals surface area contributed by atoms with E-state index in [0.29, 0.717) is 34.0 Å². The van der Waals surface area contributed by atoms with E-state index in [1.54, 1.807) is 24.3 Å². The van der Waals surface area contributed by atoms with Gasteiger partial charge < -0.3 is 29.0 Å². The number of methoxy groups -OCH3 is 1. The number of nitrogens with one attached hydrogen (secondary N) is 1. The van der Waals surface area contributed by atoms with Crippen molar-refractivity contribution in [2.45, 2.75) is 50.6 Å². The van der Waals surface area contributed by atoms with E-state index in [-0.39, 0.29) is 5.91 Å². The molecule has 1 N–H and O–H groups in total. The maximum Gasteiger partial charge on any atom is 0.509 e. The lowest BCUT2D eigenvalue weighted by Crippen LogP contribution is -2.62. The summed E-state index contributed by atoms with van der Waals surface area (Å²) < 4.78 is 28.6. The number of carbonyl (C=O) groups excluding carboxylic acids is 2. The summed E-state index contributed by atoms with van der Waals surface area (Å²) in [6.07, 6.45) is -3.91. The van der Waals surface area contributed by atoms with Gasteiger partial charge in [-0.2, -0.15) is 0 Å². The second kappa shape index (κ2) is 10.6. The van der Waals surface area contributed by atoms with Gasteiger partial charge in [-0.05, 0) is 49.2 Å². The Balaban J connectivity index is 1.46. The molecular weight excluding hydrogens is 510 g/mol. The Bertz CT molecular complexity index is 1330. The van der Waals surface area contributed by atoms with Gasteiger partial charge in [-0.25, -0.2) is 4.79 Å². The predicted molar refractivity (Wildman–Crippen MR) is 140 cm³/mol. The van der Waals surface area contributed by atoms with Crippen LogP contribution in [0.3, 0.4) is 0 Å². The number of halogens is 1. The fraction of sp³-hybridized carbons (Fsp3) is 0.310. The minimum atomic E-state index is -0.987. The van der Waals surface area contributed by atoms with Crippen molar-refractivity contribution in [3.63, 3.8) is 0 Å². The standard InChI is InChI=1S/C29H28ClNO7/c1-29(2)25(34-3)23-24(37-28(33)36-23)27(38-29)35-18-13-14-19(20-11-7-8-12-22(20)30)21(15-18)26(32)31-16-17-9-5-4-6-10-17/h4-15,23-25,27H,16H2,1-3H3,(H,31,32)/t23-,24+,25+,27+/m0/s1. The van der Waals surface area contributed by atoms with Crippen LogP contribution < -0.4 is 10.1 Å². The summed E-state index contributed by atoms with van der Waals surface area (Å²) in [5.74, 6) is 0.0519. The molecule has 9 heteroatoms. The quantitative estimate of drug-likeness (QED) is 0.405. The number of benzene rings is 3. The van der Waals surface area contributed by atoms with Crippen LogP contribution >= 0.6 is 11.6 Å². The highest BCUT2D eigenvalue weighted by Gasteiger charge is 2.58. The number of ether oxygens (including phenoxy) is 5. The van der Waals surface area contributed by atoms with Crippen molar-refractivity contribution in [1.29, 1.82) is 0 Å². The highest BCUT2D eigenvalue weighted by molar-refractivity contribution is 6.33. The number of carbonyl (C=O) groups is 2. The first-order valence-electron chi connectivity index (χ1n) is 12.2. The molecule has 3 aromatic carbocycles. The maximum absolute atomic E-state index is 13.4. The summed E-state index contributed by atoms with van der Waals surface area (Å²) in [5, 5.41) is 3.48. The highest BCUT2D eigenvalue weighted by Crippen LogP contribution is 2.39. The van der Waals surface area contributed by atoms with Crippen LogP contribution in [0.1, 0.15) is 29.8 Å². The first-order valence-corrected chi connectivity index (χ1v) is 12.6. The van der Waals surface area contributed by atoms with E-state index < -0.39 is 36.4 Å². The molecule has 8 nitrogen and oxygen atoms in total. The summed E-state index contributed by atoms with van der Waals surface area (Å²) >= 11 is 6.48. The molecule has 2 heterocycles. The number of hydrogen-bond donors (Lipinski definition) is 1. The Morgan fingerprint density at radius 3 is 2.42 bits per heavy atom. The molecule has 2 saturated heterocycles. The first kappa shape index (κ1) is 26.0. The lowest BCUT2D eigenvalue weighted by Gasteiger charge is -2.45. The molecule has 3 aromatic rings. The minimum Gasteiger partial charge on any atom is -0.461 e. The van der Waals surface area contributed by atoms with Gasteiger partial charge in [0.25, 0.3) is 5.91 Å². The van der Waals surface area contributed by atoms with Crippen molar-refractivity contribution >= 4 is 23.7 Å². The highest BCUT2D eigenvalue weighted by atomic mass is 35.5. The van der Waals surface area contributed by atoms with Crippen molar-refractivity contribution in [2.24, 2.45) is 0 Å². The van der Waals surface area contributed by atoms with E-state index in [0.717, 1.165) is 5.56 Å². The number of rotatable bonds is 7. The van der Waals surface area contributed by atoms with Crippen LogP contribution in [0.5, 0.6) is 5.75 Å². The Labute approximate surface area is 225 Å². The Hall–Kier alpha value is -3.59. The van der Waals surface area contributed by atoms with Gasteiger partial charge in [-0.3, -0.25) is 4.79 Å². The molecule has 2 fully saturated rings. The largest absolute Gasteiger partial charge is 0.509 e. The lowest BCUT2D eigenvalue weighted by molar-refractivity contribution is -0.282. The second-order valence-electron chi connectivity index (χ2n) is 9.63. The molecule has 0 saturated carbocycles. The number of amides is 1. The van der Waals surface area contributed by atoms with E-state index in [1.807, 2.05) is 62.4 Å². The zero-order chi connectivity index (χ0) is 26.9. The normalized spacial score (nSPS) is 23.6. The Kier molecular flexibility index (Phi) is 7.29. The van der Waals surface area contributed by atoms with Crippen LogP contribution in [0.2, 0.25) is 5.02 Å². The number of fused-ring (bicyclic) bond motifs is 1. The van der Waals surface area contributed by atoms with E-state index in [9.17, 15) is 9.59 Å². The van der Waals surface area contributed by atoms with Crippen molar-refractivity contribution in [1.82, 2.24) is 5.32 Å². The summed E-state index contributed by atoms with van der Waals surface area (Å²) in [5.41, 5.74) is 1.84. The fourth-order valence-corrected chi connectivity index (χ4v) is 5.11. The van der Waals surface area contributed by atoms with Gasteiger partial charge in [0.2, 0.25) is 12.4 Å². The Morgan fingerprint density at radius 2 is 1.68 bits per heavy atom. The molecule has 0 unspecified atom stereocenters. The second-order valence-corrected chi connectivity index (χ2v) is 10.0. The van der Waals surface area contributed by atoms with Gasteiger partial charge in [0.15, 0.2) is 6.10 Å². The summed E-state index contributed by atoms with van der Waals surface area (Å²) in [4.78, 5) is 25.4. The minimum absolute atomic E-state index is 0.299. The average Bonchev–Trinajstić information content (AvgIpc) is 3.29. The summed E-state index contributed by atoms with van der Waals surface area (Å²) in [6, 6.07) is 22.0. The van der Waals surface area contributed by atoms with Crippen LogP contribution in [-0.4, -0.2) is 49.4 Å². The van der Waals surface area contributed by atoms with Crippen molar-refractivity contribution in [2.75, 3.05) is 7.11 Å². The maximum atomic E-state index is 13.4. The summed E-state index contributed by atoms with van der Waals surface area (Å²) in [7, 11) is 1.52. The van der Waals surface area contributed by atoms with Crippen LogP contribution in [0, 0.1) is 0 Å². The molecular formula is C29H28ClNO7. The molecule has 0 spiro atoms. The molecule has 0 aromatic heterocycles. The van der Waals surface area contributed by atoms with Crippen LogP contribution in [-0.2, 0) is 25.5 Å². The third-order valence-electron chi connectivity index (χ3n) is 6.66. The van der Waals surface area contributed by atoms with E-state index in [1.165, 1.54) is 7.11 Å². The van der Waals surface area contributed by atoms with Crippen molar-refractivity contribution in [3.8, 4) is 16.9 Å². The molecule has 38 heavy (non-hydrogen) atoms. The van der Waals surface area contributed by atoms with Crippen LogP contribution in [0.15, 0.2) is 72.8 Å². The van der Waals surface area contributed by atoms with E-state index >= 15 is 0 Å². The molecule has 0 aliphatic carbocycles. The predicted octanol–water partition coefficient (Wildman–Crippen LogP) is 5.37. The van der Waals surface area contributed by atoms with Gasteiger partial charge in [0.05, 0.1) is 11.2 Å². The monoisotopic (exact) mass is 537 g/mol. The lowest BCUT2D eigenvalue weighted by atomic mass is 9.89. The van der Waals surface area contributed by atoms with Crippen molar-refractivity contribution < 1.29 is 33.3 Å². The average molecular weight is 538 g/mol. The first-order chi connectivity index (χ1) is 18.3. The molecule has 5 rings (SSSR count). The zero-order valence-electron chi connectivity index (χ0n) is 21.2. The molecule has 2 aliphatic heterocycles. The van der Waals surface area contributed by atoms with Gasteiger partial charge in [0.1, 0.15) is 11.9 Å². The third kappa shape index (κ3) is 5.20. The van der Waals surface area contributed by atoms with E-state index in [4.69, 9.17) is 35.3 Å². The molecule has 1 amide bonds. The van der Waals surface area contributed by atoms with Crippen molar-refractivity contribution in [3.05, 3.63) is 88.9 Å². The van der Waals surface area contributed by atoms with Gasteiger partial charge >= 0.3 is 6.16 Å². The summed E-state index contributed by atoms with van der Waals surface area (Å²) in [6.45, 7) is 3.99. The molecule has 4 atom stereocenters. The molecule has 0 bridgehead atoms. The molecule has 198 valence electrons. The van der Waals surface area contributed by atoms with Gasteiger partial charge in [-0.15, -0.1) is 0 Å². The van der Waals surface area contributed by atoms with Crippen LogP contribution in [0.25, 0.3) is 11.1 Å². The molecule has 2 aliphatic rings. The smallest absolute Gasteiger partial charge is 0.461 e. The molecule has 0 radical (unpaired) electrons. The fourth-order valence-electron chi connectivity index (χ4n) is 4.87. The zero-order valence-corrected chi connectivity index (χ0v) is 21.9. The Morgan fingerprint density at radius 1 is 0.974 bits per heavy atom. The van der Waals surface area contributed by atoms with Crippen LogP contribution in [0.4, 0.5) is 4.79 Å². The SMILES string of the molecule is CO[C@@H]1[C@H]2OC(=O)O[C@H]2[C@H](Oc2ccc(-c3ccccc3Cl)c(C(=O)NCc3ccccc3)c2)OC1(C)C.